The summed E-state index contributed by atoms with van der Waals surface area (Å²) in [5.74, 6) is -0.203. The van der Waals surface area contributed by atoms with Crippen molar-refractivity contribution in [3.05, 3.63) is 22.4 Å². The molecule has 0 saturated heterocycles. The van der Waals surface area contributed by atoms with Gasteiger partial charge in [0.25, 0.3) is 5.91 Å². The fraction of sp³-hybridized carbons (Fsp3) is 0.625. The fourth-order valence-electron chi connectivity index (χ4n) is 1.65. The first kappa shape index (κ1) is 18.6. The number of likely N-dealkylation sites (N-methyl/N-ethyl adjacent to an activating group) is 1. The number of rotatable bonds is 9. The summed E-state index contributed by atoms with van der Waals surface area (Å²) < 4.78 is 10.4. The van der Waals surface area contributed by atoms with Crippen molar-refractivity contribution in [3.63, 3.8) is 0 Å². The Balaban J connectivity index is 2.25. The molecule has 0 N–H and O–H groups in total. The molecular weight excluding hydrogens is 302 g/mol. The molecule has 1 rings (SSSR count). The highest BCUT2D eigenvalue weighted by Crippen LogP contribution is 2.08. The van der Waals surface area contributed by atoms with Crippen LogP contribution in [0.1, 0.15) is 32.8 Å². The lowest BCUT2D eigenvalue weighted by Gasteiger charge is -2.18. The SMILES string of the molecule is CC(C)CCOC(C)C(=O)OCC(=O)N(C)Cc1ccsc1. The van der Waals surface area contributed by atoms with Gasteiger partial charge in [0.1, 0.15) is 0 Å². The second-order valence-electron chi connectivity index (χ2n) is 5.68. The van der Waals surface area contributed by atoms with Crippen LogP contribution < -0.4 is 0 Å². The average molecular weight is 327 g/mol. The van der Waals surface area contributed by atoms with Crippen molar-refractivity contribution < 1.29 is 19.1 Å². The van der Waals surface area contributed by atoms with Gasteiger partial charge in [0.15, 0.2) is 12.7 Å². The molecule has 6 heteroatoms. The number of thiophene rings is 1. The summed E-state index contributed by atoms with van der Waals surface area (Å²) in [4.78, 5) is 25.2. The van der Waals surface area contributed by atoms with Crippen LogP contribution in [0, 0.1) is 5.92 Å². The van der Waals surface area contributed by atoms with E-state index in [1.54, 1.807) is 30.2 Å². The Labute approximate surface area is 136 Å². The normalized spacial score (nSPS) is 12.2. The molecule has 0 saturated carbocycles. The Kier molecular flexibility index (Phi) is 8.12. The molecule has 0 aliphatic carbocycles. The topological polar surface area (TPSA) is 55.8 Å². The van der Waals surface area contributed by atoms with Crippen molar-refractivity contribution in [1.82, 2.24) is 4.90 Å². The van der Waals surface area contributed by atoms with E-state index < -0.39 is 12.1 Å². The van der Waals surface area contributed by atoms with E-state index in [1.165, 1.54) is 0 Å². The standard InChI is InChI=1S/C16H25NO4S/c1-12(2)5-7-20-13(3)16(19)21-10-15(18)17(4)9-14-6-8-22-11-14/h6,8,11-13H,5,7,9-10H2,1-4H3. The Bertz CT molecular complexity index is 459. The van der Waals surface area contributed by atoms with E-state index in [0.717, 1.165) is 12.0 Å². The summed E-state index contributed by atoms with van der Waals surface area (Å²) >= 11 is 1.59. The predicted octanol–water partition coefficient (Wildman–Crippen LogP) is 2.70. The average Bonchev–Trinajstić information content (AvgIpc) is 2.96. The number of hydrogen-bond acceptors (Lipinski definition) is 5. The fourth-order valence-corrected chi connectivity index (χ4v) is 2.31. The second kappa shape index (κ2) is 9.58. The smallest absolute Gasteiger partial charge is 0.335 e. The first-order valence-electron chi connectivity index (χ1n) is 7.43. The molecule has 5 nitrogen and oxygen atoms in total. The minimum Gasteiger partial charge on any atom is -0.454 e. The van der Waals surface area contributed by atoms with Gasteiger partial charge in [0, 0.05) is 20.2 Å². The first-order chi connectivity index (χ1) is 10.4. The van der Waals surface area contributed by atoms with Crippen LogP contribution in [-0.4, -0.2) is 43.1 Å². The molecule has 0 spiro atoms. The lowest BCUT2D eigenvalue weighted by Crippen LogP contribution is -2.33. The van der Waals surface area contributed by atoms with Crippen LogP contribution in [0.2, 0.25) is 0 Å². The summed E-state index contributed by atoms with van der Waals surface area (Å²) in [6.45, 7) is 6.60. The van der Waals surface area contributed by atoms with Gasteiger partial charge in [-0.2, -0.15) is 11.3 Å². The van der Waals surface area contributed by atoms with Crippen LogP contribution in [0.15, 0.2) is 16.8 Å². The highest BCUT2D eigenvalue weighted by Gasteiger charge is 2.18. The molecule has 1 heterocycles. The van der Waals surface area contributed by atoms with Gasteiger partial charge in [0.2, 0.25) is 0 Å². The van der Waals surface area contributed by atoms with Crippen LogP contribution in [-0.2, 0) is 25.6 Å². The van der Waals surface area contributed by atoms with Gasteiger partial charge in [-0.05, 0) is 41.7 Å². The maximum atomic E-state index is 11.9. The third-order valence-electron chi connectivity index (χ3n) is 3.16. The van der Waals surface area contributed by atoms with Crippen LogP contribution >= 0.6 is 11.3 Å². The van der Waals surface area contributed by atoms with Crippen molar-refractivity contribution in [2.75, 3.05) is 20.3 Å². The van der Waals surface area contributed by atoms with Crippen LogP contribution in [0.4, 0.5) is 0 Å². The Morgan fingerprint density at radius 1 is 1.32 bits per heavy atom. The number of amides is 1. The van der Waals surface area contributed by atoms with E-state index in [9.17, 15) is 9.59 Å². The summed E-state index contributed by atoms with van der Waals surface area (Å²) in [7, 11) is 1.69. The van der Waals surface area contributed by atoms with E-state index in [2.05, 4.69) is 13.8 Å². The van der Waals surface area contributed by atoms with Gasteiger partial charge < -0.3 is 14.4 Å². The van der Waals surface area contributed by atoms with Crippen LogP contribution in [0.3, 0.4) is 0 Å². The van der Waals surface area contributed by atoms with E-state index in [-0.39, 0.29) is 12.5 Å². The quantitative estimate of drug-likeness (QED) is 0.654. The number of carbonyl (C=O) groups excluding carboxylic acids is 2. The molecule has 0 fully saturated rings. The highest BCUT2D eigenvalue weighted by molar-refractivity contribution is 7.07. The third kappa shape index (κ3) is 7.04. The number of nitrogens with zero attached hydrogens (tertiary/aromatic N) is 1. The molecule has 1 unspecified atom stereocenters. The van der Waals surface area contributed by atoms with Crippen molar-refractivity contribution in [1.29, 1.82) is 0 Å². The van der Waals surface area contributed by atoms with E-state index in [1.807, 2.05) is 16.8 Å². The molecule has 1 amide bonds. The summed E-state index contributed by atoms with van der Waals surface area (Å²) in [6, 6.07) is 1.96. The Hall–Kier alpha value is -1.40. The number of hydrogen-bond donors (Lipinski definition) is 0. The maximum absolute atomic E-state index is 11.9. The first-order valence-corrected chi connectivity index (χ1v) is 8.37. The third-order valence-corrected chi connectivity index (χ3v) is 3.89. The molecule has 0 bridgehead atoms. The zero-order valence-electron chi connectivity index (χ0n) is 13.7. The number of carbonyl (C=O) groups is 2. The van der Waals surface area contributed by atoms with Gasteiger partial charge >= 0.3 is 5.97 Å². The number of esters is 1. The van der Waals surface area contributed by atoms with Gasteiger partial charge in [-0.1, -0.05) is 13.8 Å². The lowest BCUT2D eigenvalue weighted by molar-refractivity contribution is -0.161. The largest absolute Gasteiger partial charge is 0.454 e. The molecule has 1 atom stereocenters. The zero-order valence-corrected chi connectivity index (χ0v) is 14.5. The van der Waals surface area contributed by atoms with Crippen LogP contribution in [0.25, 0.3) is 0 Å². The highest BCUT2D eigenvalue weighted by atomic mass is 32.1. The van der Waals surface area contributed by atoms with Crippen molar-refractivity contribution in [2.45, 2.75) is 39.8 Å². The molecule has 1 aromatic rings. The van der Waals surface area contributed by atoms with E-state index in [0.29, 0.717) is 19.1 Å². The monoisotopic (exact) mass is 327 g/mol. The minimum atomic E-state index is -0.645. The Morgan fingerprint density at radius 3 is 2.64 bits per heavy atom. The molecular formula is C16H25NO4S. The molecule has 22 heavy (non-hydrogen) atoms. The summed E-state index contributed by atoms with van der Waals surface area (Å²) in [6.07, 6.45) is 0.244. The van der Waals surface area contributed by atoms with Crippen LogP contribution in [0.5, 0.6) is 0 Å². The van der Waals surface area contributed by atoms with Gasteiger partial charge in [-0.15, -0.1) is 0 Å². The minimum absolute atomic E-state index is 0.228. The maximum Gasteiger partial charge on any atom is 0.335 e. The number of ether oxygens (including phenoxy) is 2. The van der Waals surface area contributed by atoms with E-state index in [4.69, 9.17) is 9.47 Å². The zero-order chi connectivity index (χ0) is 16.5. The summed E-state index contributed by atoms with van der Waals surface area (Å²) in [5.41, 5.74) is 1.07. The van der Waals surface area contributed by atoms with Crippen molar-refractivity contribution in [2.24, 2.45) is 5.92 Å². The van der Waals surface area contributed by atoms with Crippen molar-refractivity contribution >= 4 is 23.2 Å². The molecule has 0 aliphatic rings. The Morgan fingerprint density at radius 2 is 2.05 bits per heavy atom. The molecule has 0 aliphatic heterocycles. The van der Waals surface area contributed by atoms with Crippen molar-refractivity contribution in [3.8, 4) is 0 Å². The molecule has 124 valence electrons. The second-order valence-corrected chi connectivity index (χ2v) is 6.46. The molecule has 1 aromatic heterocycles. The predicted molar refractivity (Wildman–Crippen MR) is 86.6 cm³/mol. The lowest BCUT2D eigenvalue weighted by atomic mass is 10.1. The van der Waals surface area contributed by atoms with Gasteiger partial charge in [-0.3, -0.25) is 4.79 Å². The summed E-state index contributed by atoms with van der Waals surface area (Å²) in [5, 5.41) is 3.95. The molecule has 0 aromatic carbocycles. The van der Waals surface area contributed by atoms with Gasteiger partial charge in [0.05, 0.1) is 0 Å². The molecule has 0 radical (unpaired) electrons. The van der Waals surface area contributed by atoms with Gasteiger partial charge in [-0.25, -0.2) is 4.79 Å². The van der Waals surface area contributed by atoms with E-state index >= 15 is 0 Å².